The van der Waals surface area contributed by atoms with Gasteiger partial charge in [0.2, 0.25) is 0 Å². The third-order valence-corrected chi connectivity index (χ3v) is 2.73. The van der Waals surface area contributed by atoms with Crippen molar-refractivity contribution in [3.8, 4) is 0 Å². The number of nitrogens with two attached hydrogens (primary N) is 1. The summed E-state index contributed by atoms with van der Waals surface area (Å²) in [4.78, 5) is 26.4. The van der Waals surface area contributed by atoms with Crippen molar-refractivity contribution in [2.45, 2.75) is 0 Å². The molecule has 0 aliphatic carbocycles. The number of pyridine rings is 1. The second kappa shape index (κ2) is 5.45. The standard InChI is InChI=1S/C13H11N3O2S/c14-12(19)8-3-1-2-4-10(8)16-13(18)9-7-15-6-5-11(9)17/h1-7H,(H2,14,19)(H,15,17)(H,16,18). The third kappa shape index (κ3) is 2.86. The van der Waals surface area contributed by atoms with Crippen molar-refractivity contribution in [3.63, 3.8) is 0 Å². The van der Waals surface area contributed by atoms with Crippen LogP contribution in [-0.2, 0) is 0 Å². The molecule has 5 nitrogen and oxygen atoms in total. The Hall–Kier alpha value is -2.47. The number of aromatic nitrogens is 1. The molecule has 0 saturated heterocycles. The molecule has 1 heterocycles. The van der Waals surface area contributed by atoms with Crippen molar-refractivity contribution in [1.82, 2.24) is 4.98 Å². The summed E-state index contributed by atoms with van der Waals surface area (Å²) >= 11 is 4.90. The Morgan fingerprint density at radius 2 is 1.95 bits per heavy atom. The van der Waals surface area contributed by atoms with Crippen LogP contribution in [0.1, 0.15) is 15.9 Å². The fraction of sp³-hybridized carbons (Fsp3) is 0. The highest BCUT2D eigenvalue weighted by Crippen LogP contribution is 2.15. The number of hydrogen-bond donors (Lipinski definition) is 3. The molecule has 0 atom stereocenters. The topological polar surface area (TPSA) is 88.0 Å². The maximum absolute atomic E-state index is 12.0. The summed E-state index contributed by atoms with van der Waals surface area (Å²) in [5.74, 6) is -0.509. The van der Waals surface area contributed by atoms with Crippen LogP contribution in [0.4, 0.5) is 5.69 Å². The first-order chi connectivity index (χ1) is 9.09. The minimum atomic E-state index is -0.509. The number of benzene rings is 1. The molecule has 2 rings (SSSR count). The number of thiocarbonyl (C=S) groups is 1. The highest BCUT2D eigenvalue weighted by Gasteiger charge is 2.12. The van der Waals surface area contributed by atoms with Crippen LogP contribution in [0.3, 0.4) is 0 Å². The normalized spacial score (nSPS) is 9.89. The van der Waals surface area contributed by atoms with Crippen LogP contribution in [0, 0.1) is 0 Å². The van der Waals surface area contributed by atoms with Gasteiger partial charge in [0.1, 0.15) is 10.6 Å². The quantitative estimate of drug-likeness (QED) is 0.735. The molecule has 2 aromatic rings. The molecule has 4 N–H and O–H groups in total. The minimum Gasteiger partial charge on any atom is -0.389 e. The van der Waals surface area contributed by atoms with E-state index in [0.29, 0.717) is 11.3 Å². The Kier molecular flexibility index (Phi) is 3.72. The second-order valence-corrected chi connectivity index (χ2v) is 4.23. The van der Waals surface area contributed by atoms with Crippen LogP contribution in [0.2, 0.25) is 0 Å². The summed E-state index contributed by atoms with van der Waals surface area (Å²) < 4.78 is 0. The molecule has 0 spiro atoms. The summed E-state index contributed by atoms with van der Waals surface area (Å²) in [5.41, 5.74) is 6.27. The molecular formula is C13H11N3O2S. The fourth-order valence-corrected chi connectivity index (χ4v) is 1.77. The van der Waals surface area contributed by atoms with E-state index in [1.807, 2.05) is 0 Å². The molecule has 0 fully saturated rings. The lowest BCUT2D eigenvalue weighted by molar-refractivity contribution is 0.102. The zero-order valence-corrected chi connectivity index (χ0v) is 10.7. The third-order valence-electron chi connectivity index (χ3n) is 2.51. The maximum Gasteiger partial charge on any atom is 0.261 e. The molecule has 19 heavy (non-hydrogen) atoms. The number of aromatic amines is 1. The number of carbonyl (C=O) groups is 1. The van der Waals surface area contributed by atoms with Crippen LogP contribution in [0.25, 0.3) is 0 Å². The molecule has 0 bridgehead atoms. The van der Waals surface area contributed by atoms with Crippen LogP contribution in [0.15, 0.2) is 47.5 Å². The van der Waals surface area contributed by atoms with Crippen molar-refractivity contribution in [3.05, 3.63) is 64.1 Å². The van der Waals surface area contributed by atoms with Crippen molar-refractivity contribution in [1.29, 1.82) is 0 Å². The summed E-state index contributed by atoms with van der Waals surface area (Å²) in [7, 11) is 0. The molecule has 0 unspecified atom stereocenters. The first-order valence-electron chi connectivity index (χ1n) is 5.47. The Morgan fingerprint density at radius 3 is 2.63 bits per heavy atom. The molecule has 0 aliphatic heterocycles. The van der Waals surface area contributed by atoms with Crippen LogP contribution < -0.4 is 16.5 Å². The highest BCUT2D eigenvalue weighted by molar-refractivity contribution is 7.80. The lowest BCUT2D eigenvalue weighted by atomic mass is 10.1. The number of H-pyrrole nitrogens is 1. The molecule has 1 aromatic carbocycles. The highest BCUT2D eigenvalue weighted by atomic mass is 32.1. The van der Waals surface area contributed by atoms with Gasteiger partial charge >= 0.3 is 0 Å². The first-order valence-corrected chi connectivity index (χ1v) is 5.87. The van der Waals surface area contributed by atoms with E-state index in [1.165, 1.54) is 18.5 Å². The Balaban J connectivity index is 2.33. The summed E-state index contributed by atoms with van der Waals surface area (Å²) in [5, 5.41) is 2.62. The van der Waals surface area contributed by atoms with Crippen LogP contribution in [-0.4, -0.2) is 15.9 Å². The number of nitrogens with one attached hydrogen (secondary N) is 2. The second-order valence-electron chi connectivity index (χ2n) is 3.79. The van der Waals surface area contributed by atoms with E-state index in [4.69, 9.17) is 18.0 Å². The molecule has 6 heteroatoms. The van der Waals surface area contributed by atoms with Gasteiger partial charge in [0, 0.05) is 24.0 Å². The van der Waals surface area contributed by atoms with Gasteiger partial charge in [0.05, 0.1) is 5.69 Å². The number of hydrogen-bond acceptors (Lipinski definition) is 3. The van der Waals surface area contributed by atoms with E-state index in [2.05, 4.69) is 10.3 Å². The van der Waals surface area contributed by atoms with E-state index < -0.39 is 5.91 Å². The van der Waals surface area contributed by atoms with Gasteiger partial charge in [-0.05, 0) is 12.1 Å². The van der Waals surface area contributed by atoms with Crippen molar-refractivity contribution in [2.75, 3.05) is 5.32 Å². The monoisotopic (exact) mass is 273 g/mol. The van der Waals surface area contributed by atoms with E-state index in [0.717, 1.165) is 0 Å². The van der Waals surface area contributed by atoms with Crippen molar-refractivity contribution < 1.29 is 4.79 Å². The number of rotatable bonds is 3. The number of anilines is 1. The molecule has 0 aliphatic rings. The smallest absolute Gasteiger partial charge is 0.261 e. The van der Waals surface area contributed by atoms with E-state index >= 15 is 0 Å². The van der Waals surface area contributed by atoms with Gasteiger partial charge in [-0.3, -0.25) is 9.59 Å². The van der Waals surface area contributed by atoms with Crippen LogP contribution >= 0.6 is 12.2 Å². The first kappa shape index (κ1) is 13.0. The molecular weight excluding hydrogens is 262 g/mol. The average molecular weight is 273 g/mol. The van der Waals surface area contributed by atoms with E-state index in [-0.39, 0.29) is 16.0 Å². The van der Waals surface area contributed by atoms with Crippen molar-refractivity contribution >= 4 is 28.8 Å². The van der Waals surface area contributed by atoms with Gasteiger partial charge in [-0.25, -0.2) is 0 Å². The van der Waals surface area contributed by atoms with Crippen molar-refractivity contribution in [2.24, 2.45) is 5.73 Å². The molecule has 96 valence electrons. The Morgan fingerprint density at radius 1 is 1.21 bits per heavy atom. The van der Waals surface area contributed by atoms with E-state index in [9.17, 15) is 9.59 Å². The SMILES string of the molecule is NC(=S)c1ccccc1NC(=O)c1c[nH]ccc1=O. The molecule has 1 aromatic heterocycles. The molecule has 0 saturated carbocycles. The summed E-state index contributed by atoms with van der Waals surface area (Å²) in [6, 6.07) is 8.16. The zero-order valence-electron chi connectivity index (χ0n) is 9.84. The Labute approximate surface area is 114 Å². The Bertz CT molecular complexity index is 694. The minimum absolute atomic E-state index is 0.0280. The van der Waals surface area contributed by atoms with Gasteiger partial charge in [0.25, 0.3) is 5.91 Å². The van der Waals surface area contributed by atoms with Gasteiger partial charge < -0.3 is 16.0 Å². The zero-order chi connectivity index (χ0) is 13.8. The number of amides is 1. The van der Waals surface area contributed by atoms with Gasteiger partial charge in [0.15, 0.2) is 5.43 Å². The predicted molar refractivity (Wildman–Crippen MR) is 77.3 cm³/mol. The van der Waals surface area contributed by atoms with Gasteiger partial charge in [-0.1, -0.05) is 24.4 Å². The maximum atomic E-state index is 12.0. The summed E-state index contributed by atoms with van der Waals surface area (Å²) in [6.07, 6.45) is 2.81. The summed E-state index contributed by atoms with van der Waals surface area (Å²) in [6.45, 7) is 0. The predicted octanol–water partition coefficient (Wildman–Crippen LogP) is 1.26. The largest absolute Gasteiger partial charge is 0.389 e. The lowest BCUT2D eigenvalue weighted by Gasteiger charge is -2.09. The average Bonchev–Trinajstić information content (AvgIpc) is 2.39. The molecule has 1 amide bonds. The van der Waals surface area contributed by atoms with Gasteiger partial charge in [-0.15, -0.1) is 0 Å². The lowest BCUT2D eigenvalue weighted by Crippen LogP contribution is -2.22. The number of carbonyl (C=O) groups excluding carboxylic acids is 1. The fourth-order valence-electron chi connectivity index (χ4n) is 1.59. The van der Waals surface area contributed by atoms with Gasteiger partial charge in [-0.2, -0.15) is 0 Å². The molecule has 0 radical (unpaired) electrons. The van der Waals surface area contributed by atoms with Crippen LogP contribution in [0.5, 0.6) is 0 Å². The van der Waals surface area contributed by atoms with E-state index in [1.54, 1.807) is 24.3 Å². The number of para-hydroxylation sites is 1.